The monoisotopic (exact) mass is 1660 g/mol. The number of fused-ring (bicyclic) bond motifs is 1. The molecule has 12 atom stereocenters. The van der Waals surface area contributed by atoms with Crippen LogP contribution in [0.3, 0.4) is 0 Å². The van der Waals surface area contributed by atoms with Crippen LogP contribution in [0.15, 0.2) is 91.0 Å². The number of halogens is 3. The van der Waals surface area contributed by atoms with Crippen molar-refractivity contribution in [2.75, 3.05) is 37.7 Å². The van der Waals surface area contributed by atoms with Crippen LogP contribution in [0.25, 0.3) is 10.8 Å². The van der Waals surface area contributed by atoms with E-state index in [1.807, 2.05) is 0 Å². The molecular formula is C75H101F3N18O20S. The zero-order valence-corrected chi connectivity index (χ0v) is 65.2. The highest BCUT2D eigenvalue weighted by atomic mass is 32.2. The Morgan fingerprint density at radius 3 is 1.74 bits per heavy atom. The van der Waals surface area contributed by atoms with Crippen LogP contribution >= 0.6 is 11.8 Å². The average molecular weight is 1660 g/mol. The predicted octanol–water partition coefficient (Wildman–Crippen LogP) is -4.51. The molecule has 117 heavy (non-hydrogen) atoms. The molecule has 1 heterocycles. The maximum Gasteiger partial charge on any atom is 0.416 e. The van der Waals surface area contributed by atoms with Gasteiger partial charge in [0.25, 0.3) is 0 Å². The van der Waals surface area contributed by atoms with Gasteiger partial charge in [-0.25, -0.2) is 0 Å². The summed E-state index contributed by atoms with van der Waals surface area (Å²) in [6.45, 7) is 2.85. The summed E-state index contributed by atoms with van der Waals surface area (Å²) in [5.74, 6) is -19.8. The quantitative estimate of drug-likeness (QED) is 0.0187. The Balaban J connectivity index is 1.68. The maximum atomic E-state index is 15.6. The van der Waals surface area contributed by atoms with Crippen molar-refractivity contribution in [2.24, 2.45) is 34.4 Å². The number of nitrogens with one attached hydrogen (secondary N) is 12. The molecule has 1 aliphatic rings. The molecule has 4 aromatic carbocycles. The SMILES string of the molecule is CC(=O)N[C@H]1CCSC[C@@H](C(=O)N[C@@H](Cc2ccc(OCCN)cc2)C(=O)N[C@@H](Cc2ccc3ccccc3c2)C(=O)N[C@@](C)(CCCCN)C(=O)N[C@@H](CCC(=O)O)C(=O)N[C@@H](CC(N)=O)C(=O)NCC(N)=O)NC(=O)[C@H](CCC(N)=O)NC(=O)[C@H](Cc2ccc(C(F)(F)F)cc2)NC(=O)[C@H]([C@@H](C)O)NC(=O)[C@H](CCC(N)=O)NC1=O. The molecule has 0 aromatic heterocycles. The van der Waals surface area contributed by atoms with E-state index in [0.29, 0.717) is 34.4 Å². The number of thioether (sulfide) groups is 1. The largest absolute Gasteiger partial charge is 0.492 e. The summed E-state index contributed by atoms with van der Waals surface area (Å²) in [5, 5.41) is 51.4. The molecule has 1 saturated heterocycles. The van der Waals surface area contributed by atoms with Gasteiger partial charge in [0.2, 0.25) is 94.5 Å². The van der Waals surface area contributed by atoms with Crippen LogP contribution in [0.1, 0.15) is 114 Å². The zero-order chi connectivity index (χ0) is 86.9. The van der Waals surface area contributed by atoms with Gasteiger partial charge in [0, 0.05) is 57.7 Å². The number of carbonyl (C=O) groups excluding carboxylic acids is 16. The highest BCUT2D eigenvalue weighted by molar-refractivity contribution is 7.99. The van der Waals surface area contributed by atoms with E-state index >= 15 is 19.2 Å². The number of primary amides is 4. The number of carboxylic acid groups (broad SMARTS) is 1. The minimum atomic E-state index is -4.84. The molecule has 0 bridgehead atoms. The number of hydrogen-bond donors (Lipinski definition) is 20. The number of carbonyl (C=O) groups is 17. The van der Waals surface area contributed by atoms with Crippen LogP contribution in [0, 0.1) is 0 Å². The molecule has 4 aromatic rings. The van der Waals surface area contributed by atoms with E-state index < -0.39 is 254 Å². The number of hydrogen-bond acceptors (Lipinski definition) is 22. The number of aliphatic carboxylic acids is 1. The van der Waals surface area contributed by atoms with Gasteiger partial charge < -0.3 is 113 Å². The van der Waals surface area contributed by atoms with Crippen molar-refractivity contribution in [1.29, 1.82) is 0 Å². The second-order valence-corrected chi connectivity index (χ2v) is 29.1. The van der Waals surface area contributed by atoms with Crippen molar-refractivity contribution in [1.82, 2.24) is 63.8 Å². The van der Waals surface area contributed by atoms with Gasteiger partial charge in [0.1, 0.15) is 78.3 Å². The molecule has 1 fully saturated rings. The molecule has 42 heteroatoms. The van der Waals surface area contributed by atoms with Crippen molar-refractivity contribution in [3.63, 3.8) is 0 Å². The Morgan fingerprint density at radius 1 is 0.598 bits per heavy atom. The van der Waals surface area contributed by atoms with Crippen molar-refractivity contribution < 1.29 is 110 Å². The minimum Gasteiger partial charge on any atom is -0.492 e. The van der Waals surface area contributed by atoms with Crippen LogP contribution in [-0.4, -0.2) is 221 Å². The van der Waals surface area contributed by atoms with E-state index in [4.69, 9.17) is 39.1 Å². The number of ether oxygens (including phenoxy) is 1. The normalized spacial score (nSPS) is 19.0. The van der Waals surface area contributed by atoms with Crippen LogP contribution in [0.5, 0.6) is 5.75 Å². The predicted molar refractivity (Wildman–Crippen MR) is 415 cm³/mol. The minimum absolute atomic E-state index is 0.0469. The van der Waals surface area contributed by atoms with Crippen molar-refractivity contribution in [3.8, 4) is 5.75 Å². The Hall–Kier alpha value is -12.1. The third-order valence-corrected chi connectivity index (χ3v) is 19.3. The van der Waals surface area contributed by atoms with Crippen molar-refractivity contribution in [2.45, 2.75) is 189 Å². The number of amides is 16. The lowest BCUT2D eigenvalue weighted by molar-refractivity contribution is -0.140. The highest BCUT2D eigenvalue weighted by Crippen LogP contribution is 2.30. The average Bonchev–Trinajstić information content (AvgIpc) is 0.735. The van der Waals surface area contributed by atoms with Gasteiger partial charge in [0.15, 0.2) is 0 Å². The summed E-state index contributed by atoms with van der Waals surface area (Å²) in [4.78, 5) is 235. The fraction of sp³-hybridized carbons (Fsp3) is 0.480. The third kappa shape index (κ3) is 32.6. The van der Waals surface area contributed by atoms with Gasteiger partial charge in [-0.15, -0.1) is 0 Å². The van der Waals surface area contributed by atoms with Crippen LogP contribution in [0.2, 0.25) is 0 Å². The zero-order valence-electron chi connectivity index (χ0n) is 64.4. The van der Waals surface area contributed by atoms with E-state index in [1.54, 1.807) is 42.5 Å². The van der Waals surface area contributed by atoms with E-state index in [0.717, 1.165) is 43.1 Å². The van der Waals surface area contributed by atoms with Gasteiger partial charge in [0.05, 0.1) is 24.6 Å². The van der Waals surface area contributed by atoms with E-state index in [9.17, 15) is 85.7 Å². The van der Waals surface area contributed by atoms with Crippen LogP contribution < -0.4 is 103 Å². The molecule has 16 amide bonds. The molecule has 38 nitrogen and oxygen atoms in total. The van der Waals surface area contributed by atoms with E-state index in [2.05, 4.69) is 63.8 Å². The topological polar surface area (TPSA) is 640 Å². The molecule has 5 rings (SSSR count). The molecule has 0 radical (unpaired) electrons. The lowest BCUT2D eigenvalue weighted by Crippen LogP contribution is -2.64. The van der Waals surface area contributed by atoms with Crippen LogP contribution in [0.4, 0.5) is 13.2 Å². The Labute approximate surface area is 673 Å². The number of alkyl halides is 3. The first-order valence-corrected chi connectivity index (χ1v) is 38.3. The standard InChI is InChI=1S/C75H101F3N18O20S/c1-39(97)62-72(114)92-53(33-41-11-16-46(17-12-41)75(76,77)78)68(110)88-48(20-23-57(81)99)64(106)93-56(38-117-31-26-51(86-40(2)98)66(108)87-49(67(109)95-62)21-24-58(82)100)70(112)89-52(34-42-13-18-47(19-14-42)116-30-29-80)69(111)90-54(35-43-10-15-44-8-4-5-9-45(44)32-43)71(113)96-74(3,27-6-7-28-79)73(115)94-50(22-25-61(103)104)65(107)91-55(36-59(83)101)63(105)85-37-60(84)102/h4-5,8-19,32,39,48-56,62,97H,6-7,20-31,33-38,79-80H2,1-3H3,(H2,81,99)(H2,82,100)(H2,83,101)(H2,84,102)(H,85,105)(H,86,98)(H,87,108)(H,88,110)(H,89,112)(H,90,111)(H,91,107)(H,92,114)(H,93,106)(H,94,115)(H,95,109)(H,96,113)(H,103,104)/t39-,48+,49+,50+,51+,52+,53+,54+,55+,56+,62+,74+/m1/s1. The summed E-state index contributed by atoms with van der Waals surface area (Å²) in [7, 11) is 0. The highest BCUT2D eigenvalue weighted by Gasteiger charge is 2.42. The third-order valence-electron chi connectivity index (χ3n) is 18.2. The summed E-state index contributed by atoms with van der Waals surface area (Å²) in [6.07, 6.45) is -13.2. The Bertz CT molecular complexity index is 4220. The number of nitrogens with two attached hydrogens (primary N) is 6. The van der Waals surface area contributed by atoms with Crippen molar-refractivity contribution in [3.05, 3.63) is 113 Å². The molecular weight excluding hydrogens is 1560 g/mol. The van der Waals surface area contributed by atoms with Crippen LogP contribution in [-0.2, 0) is 107 Å². The number of rotatable bonds is 39. The molecule has 0 unspecified atom stereocenters. The molecule has 0 aliphatic carbocycles. The number of carboxylic acids is 1. The second kappa shape index (κ2) is 46.5. The fourth-order valence-electron chi connectivity index (χ4n) is 12.0. The van der Waals surface area contributed by atoms with Gasteiger partial charge in [-0.05, 0) is 123 Å². The van der Waals surface area contributed by atoms with Gasteiger partial charge in [-0.3, -0.25) is 81.5 Å². The number of aliphatic hydroxyl groups excluding tert-OH is 1. The summed E-state index contributed by atoms with van der Waals surface area (Å²) in [6, 6.07) is 3.15. The van der Waals surface area contributed by atoms with Gasteiger partial charge in [-0.2, -0.15) is 24.9 Å². The fourth-order valence-corrected chi connectivity index (χ4v) is 13.0. The summed E-state index contributed by atoms with van der Waals surface area (Å²) >= 11 is 0.847. The Morgan fingerprint density at radius 2 is 1.16 bits per heavy atom. The molecule has 0 saturated carbocycles. The summed E-state index contributed by atoms with van der Waals surface area (Å²) in [5.41, 5.74) is 30.5. The van der Waals surface area contributed by atoms with Crippen molar-refractivity contribution >= 4 is 123 Å². The first kappa shape index (κ1) is 95.5. The molecule has 0 spiro atoms. The maximum absolute atomic E-state index is 15.6. The van der Waals surface area contributed by atoms with E-state index in [-0.39, 0.29) is 63.1 Å². The molecule has 638 valence electrons. The number of benzene rings is 4. The lowest BCUT2D eigenvalue weighted by atomic mass is 9.91. The smallest absolute Gasteiger partial charge is 0.416 e. The molecule has 1 aliphatic heterocycles. The van der Waals surface area contributed by atoms with Gasteiger partial charge in [-0.1, -0.05) is 66.7 Å². The second-order valence-electron chi connectivity index (χ2n) is 27.9. The Kier molecular flexibility index (Phi) is 38.0. The number of unbranched alkanes of at least 4 members (excludes halogenated alkanes) is 1. The first-order chi connectivity index (χ1) is 55.2. The summed E-state index contributed by atoms with van der Waals surface area (Å²) < 4.78 is 47.2. The molecule has 26 N–H and O–H groups in total. The lowest BCUT2D eigenvalue weighted by Gasteiger charge is -2.34. The number of aliphatic hydroxyl groups is 1. The van der Waals surface area contributed by atoms with E-state index in [1.165, 1.54) is 31.2 Å². The van der Waals surface area contributed by atoms with Gasteiger partial charge >= 0.3 is 12.1 Å². The first-order valence-electron chi connectivity index (χ1n) is 37.2.